The Hall–Kier alpha value is -1.79. The quantitative estimate of drug-likeness (QED) is 0.816. The van der Waals surface area contributed by atoms with Crippen LogP contribution in [0.4, 0.5) is 0 Å². The van der Waals surface area contributed by atoms with Gasteiger partial charge in [0.05, 0.1) is 0 Å². The van der Waals surface area contributed by atoms with Crippen LogP contribution in [0.5, 0.6) is 0 Å². The molecule has 0 radical (unpaired) electrons. The first-order chi connectivity index (χ1) is 9.19. The zero-order valence-electron chi connectivity index (χ0n) is 10.6. The monoisotopic (exact) mass is 277 g/mol. The van der Waals surface area contributed by atoms with Crippen LogP contribution in [0.15, 0.2) is 39.8 Å². The van der Waals surface area contributed by atoms with E-state index >= 15 is 0 Å². The normalized spacial score (nSPS) is 10.4. The predicted molar refractivity (Wildman–Crippen MR) is 73.8 cm³/mol. The van der Waals surface area contributed by atoms with Gasteiger partial charge in [-0.1, -0.05) is 17.3 Å². The fourth-order valence-electron chi connectivity index (χ4n) is 1.62. The molecule has 19 heavy (non-hydrogen) atoms. The molecule has 0 unspecified atom stereocenters. The Morgan fingerprint density at radius 3 is 2.74 bits per heavy atom. The van der Waals surface area contributed by atoms with Gasteiger partial charge in [0.2, 0.25) is 0 Å². The third-order valence-electron chi connectivity index (χ3n) is 2.62. The van der Waals surface area contributed by atoms with Crippen LogP contribution < -0.4 is 10.5 Å². The molecule has 0 aliphatic rings. The van der Waals surface area contributed by atoms with E-state index in [-0.39, 0.29) is 5.91 Å². The van der Waals surface area contributed by atoms with Crippen LogP contribution in [0.25, 0.3) is 0 Å². The van der Waals surface area contributed by atoms with Gasteiger partial charge in [-0.05, 0) is 43.0 Å². The zero-order valence-corrected chi connectivity index (χ0v) is 11.4. The van der Waals surface area contributed by atoms with Crippen molar-refractivity contribution < 1.29 is 9.32 Å². The lowest BCUT2D eigenvalue weighted by Crippen LogP contribution is -2.25. The van der Waals surface area contributed by atoms with Crippen molar-refractivity contribution >= 4 is 17.9 Å². The number of nitrogens with two attached hydrogens (primary N) is 1. The second-order valence-electron chi connectivity index (χ2n) is 4.09. The van der Waals surface area contributed by atoms with Gasteiger partial charge < -0.3 is 9.84 Å². The number of nitrogens with zero attached hydrogens (tertiary/aromatic N) is 1. The minimum atomic E-state index is -0.217. The molecule has 1 aromatic heterocycles. The van der Waals surface area contributed by atoms with Crippen molar-refractivity contribution in [3.8, 4) is 0 Å². The standard InChI is InChI=1S/C13H15N3O2S/c1-9-8-12(16-18-9)13(17)15-7-6-10-2-4-11(19-14)5-3-10/h2-5,8H,6-7,14H2,1H3,(H,15,17). The van der Waals surface area contributed by atoms with Crippen LogP contribution in [0.2, 0.25) is 0 Å². The smallest absolute Gasteiger partial charge is 0.273 e. The van der Waals surface area contributed by atoms with Gasteiger partial charge in [-0.3, -0.25) is 9.93 Å². The zero-order chi connectivity index (χ0) is 13.7. The first kappa shape index (κ1) is 13.6. The Balaban J connectivity index is 1.81. The number of aryl methyl sites for hydroxylation is 1. The molecule has 0 saturated heterocycles. The second-order valence-corrected chi connectivity index (χ2v) is 4.80. The van der Waals surface area contributed by atoms with Gasteiger partial charge in [-0.15, -0.1) is 0 Å². The number of carbonyl (C=O) groups excluding carboxylic acids is 1. The average molecular weight is 277 g/mol. The van der Waals surface area contributed by atoms with Crippen LogP contribution in [-0.2, 0) is 6.42 Å². The van der Waals surface area contributed by atoms with E-state index < -0.39 is 0 Å². The number of amides is 1. The fraction of sp³-hybridized carbons (Fsp3) is 0.231. The van der Waals surface area contributed by atoms with Gasteiger partial charge in [0, 0.05) is 17.5 Å². The molecular weight excluding hydrogens is 262 g/mol. The maximum atomic E-state index is 11.7. The molecule has 1 aromatic carbocycles. The van der Waals surface area contributed by atoms with E-state index in [1.165, 1.54) is 11.9 Å². The van der Waals surface area contributed by atoms with Crippen LogP contribution in [-0.4, -0.2) is 17.6 Å². The first-order valence-electron chi connectivity index (χ1n) is 5.86. The lowest BCUT2D eigenvalue weighted by atomic mass is 10.1. The molecule has 0 aliphatic carbocycles. The summed E-state index contributed by atoms with van der Waals surface area (Å²) in [5.74, 6) is 0.408. The topological polar surface area (TPSA) is 81.2 Å². The number of nitrogens with one attached hydrogen (secondary N) is 1. The molecule has 1 amide bonds. The van der Waals surface area contributed by atoms with E-state index in [4.69, 9.17) is 9.66 Å². The summed E-state index contributed by atoms with van der Waals surface area (Å²) in [5.41, 5.74) is 1.46. The summed E-state index contributed by atoms with van der Waals surface area (Å²) in [7, 11) is 0. The molecule has 3 N–H and O–H groups in total. The highest BCUT2D eigenvalue weighted by Crippen LogP contribution is 2.12. The fourth-order valence-corrected chi connectivity index (χ4v) is 1.91. The molecular formula is C13H15N3O2S. The highest BCUT2D eigenvalue weighted by Gasteiger charge is 2.09. The summed E-state index contributed by atoms with van der Waals surface area (Å²) in [5, 5.41) is 11.9. The van der Waals surface area contributed by atoms with E-state index in [0.717, 1.165) is 16.9 Å². The van der Waals surface area contributed by atoms with Gasteiger partial charge in [-0.2, -0.15) is 0 Å². The Morgan fingerprint density at radius 1 is 1.42 bits per heavy atom. The van der Waals surface area contributed by atoms with Crippen molar-refractivity contribution in [2.75, 3.05) is 6.54 Å². The van der Waals surface area contributed by atoms with Gasteiger partial charge in [0.1, 0.15) is 5.76 Å². The summed E-state index contributed by atoms with van der Waals surface area (Å²) >= 11 is 1.22. The number of rotatable bonds is 5. The Labute approximate surface area is 115 Å². The highest BCUT2D eigenvalue weighted by molar-refractivity contribution is 7.97. The maximum absolute atomic E-state index is 11.7. The van der Waals surface area contributed by atoms with Crippen molar-refractivity contribution in [2.45, 2.75) is 18.2 Å². The summed E-state index contributed by atoms with van der Waals surface area (Å²) < 4.78 is 4.85. The van der Waals surface area contributed by atoms with Crippen molar-refractivity contribution in [3.63, 3.8) is 0 Å². The summed E-state index contributed by atoms with van der Waals surface area (Å²) in [6, 6.07) is 9.54. The van der Waals surface area contributed by atoms with E-state index in [1.807, 2.05) is 24.3 Å². The third-order valence-corrected chi connectivity index (χ3v) is 3.16. The SMILES string of the molecule is Cc1cc(C(=O)NCCc2ccc(SN)cc2)no1. The lowest BCUT2D eigenvalue weighted by molar-refractivity contribution is 0.0945. The number of carbonyl (C=O) groups is 1. The number of hydrogen-bond donors (Lipinski definition) is 2. The van der Waals surface area contributed by atoms with Gasteiger partial charge in [-0.25, -0.2) is 0 Å². The molecule has 100 valence electrons. The molecule has 1 heterocycles. The maximum Gasteiger partial charge on any atom is 0.273 e. The summed E-state index contributed by atoms with van der Waals surface area (Å²) in [6.07, 6.45) is 0.762. The number of aromatic nitrogens is 1. The van der Waals surface area contributed by atoms with Gasteiger partial charge >= 0.3 is 0 Å². The molecule has 0 bridgehead atoms. The van der Waals surface area contributed by atoms with Crippen LogP contribution in [0.3, 0.4) is 0 Å². The molecule has 5 nitrogen and oxygen atoms in total. The van der Waals surface area contributed by atoms with Crippen LogP contribution in [0, 0.1) is 6.92 Å². The predicted octanol–water partition coefficient (Wildman–Crippen LogP) is 1.92. The van der Waals surface area contributed by atoms with Crippen molar-refractivity contribution in [1.29, 1.82) is 0 Å². The largest absolute Gasteiger partial charge is 0.361 e. The van der Waals surface area contributed by atoms with E-state index in [9.17, 15) is 4.79 Å². The number of benzene rings is 1. The third kappa shape index (κ3) is 3.84. The second kappa shape index (κ2) is 6.40. The summed E-state index contributed by atoms with van der Waals surface area (Å²) in [4.78, 5) is 12.7. The Bertz CT molecular complexity index is 551. The van der Waals surface area contributed by atoms with E-state index in [1.54, 1.807) is 13.0 Å². The van der Waals surface area contributed by atoms with Crippen LogP contribution >= 0.6 is 11.9 Å². The molecule has 0 spiro atoms. The minimum Gasteiger partial charge on any atom is -0.361 e. The van der Waals surface area contributed by atoms with E-state index in [0.29, 0.717) is 18.0 Å². The molecule has 6 heteroatoms. The van der Waals surface area contributed by atoms with Crippen molar-refractivity contribution in [2.24, 2.45) is 5.14 Å². The first-order valence-corrected chi connectivity index (χ1v) is 6.74. The van der Waals surface area contributed by atoms with Gasteiger partial charge in [0.15, 0.2) is 5.69 Å². The molecule has 0 aliphatic heterocycles. The average Bonchev–Trinajstić information content (AvgIpc) is 2.86. The van der Waals surface area contributed by atoms with Crippen molar-refractivity contribution in [3.05, 3.63) is 47.3 Å². The Morgan fingerprint density at radius 2 is 2.16 bits per heavy atom. The molecule has 0 saturated carbocycles. The lowest BCUT2D eigenvalue weighted by Gasteiger charge is -2.04. The highest BCUT2D eigenvalue weighted by atomic mass is 32.2. The molecule has 2 aromatic rings. The van der Waals surface area contributed by atoms with Gasteiger partial charge in [0.25, 0.3) is 5.91 Å². The Kier molecular flexibility index (Phi) is 4.59. The minimum absolute atomic E-state index is 0.217. The summed E-state index contributed by atoms with van der Waals surface area (Å²) in [6.45, 7) is 2.31. The molecule has 0 fully saturated rings. The van der Waals surface area contributed by atoms with E-state index in [2.05, 4.69) is 10.5 Å². The molecule has 0 atom stereocenters. The van der Waals surface area contributed by atoms with Crippen LogP contribution in [0.1, 0.15) is 21.8 Å². The van der Waals surface area contributed by atoms with Crippen molar-refractivity contribution in [1.82, 2.24) is 10.5 Å². The molecule has 2 rings (SSSR count). The number of hydrogen-bond acceptors (Lipinski definition) is 5.